The number of nitrogens with one attached hydrogen (secondary N) is 1. The Kier molecular flexibility index (Phi) is 4.44. The normalized spacial score (nSPS) is 13.5. The molecule has 2 aromatic rings. The van der Waals surface area contributed by atoms with Gasteiger partial charge in [-0.05, 0) is 48.7 Å². The molecule has 0 saturated heterocycles. The van der Waals surface area contributed by atoms with Crippen molar-refractivity contribution in [1.29, 1.82) is 0 Å². The second-order valence-electron chi connectivity index (χ2n) is 5.36. The summed E-state index contributed by atoms with van der Waals surface area (Å²) in [4.78, 5) is 11.9. The van der Waals surface area contributed by atoms with Gasteiger partial charge in [0.25, 0.3) is 10.0 Å². The molecule has 2 aromatic carbocycles. The minimum atomic E-state index is -3.82. The molecular formula is C17H17NO5S. The molecule has 6 nitrogen and oxygen atoms in total. The van der Waals surface area contributed by atoms with E-state index in [1.807, 2.05) is 0 Å². The lowest BCUT2D eigenvalue weighted by molar-refractivity contribution is 0.0602. The van der Waals surface area contributed by atoms with Crippen LogP contribution in [0.4, 0.5) is 5.69 Å². The summed E-state index contributed by atoms with van der Waals surface area (Å²) in [6.07, 6.45) is 1.63. The molecule has 1 aliphatic rings. The highest BCUT2D eigenvalue weighted by molar-refractivity contribution is 7.92. The molecule has 7 heteroatoms. The van der Waals surface area contributed by atoms with Gasteiger partial charge in [-0.3, -0.25) is 4.72 Å². The standard InChI is InChI=1S/C17H17NO5S/c1-22-17(19)14-6-2-3-7-15(14)18-24(20,21)13-8-9-16-12(11-13)5-4-10-23-16/h2-3,6-9,11,18H,4-5,10H2,1H3. The Hall–Kier alpha value is -2.54. The third-order valence-corrected chi connectivity index (χ3v) is 5.13. The van der Waals surface area contributed by atoms with Crippen LogP contribution >= 0.6 is 0 Å². The molecular weight excluding hydrogens is 330 g/mol. The highest BCUT2D eigenvalue weighted by Gasteiger charge is 2.21. The van der Waals surface area contributed by atoms with Gasteiger partial charge in [0.15, 0.2) is 0 Å². The van der Waals surface area contributed by atoms with E-state index in [0.717, 1.165) is 24.2 Å². The van der Waals surface area contributed by atoms with Crippen LogP contribution in [-0.4, -0.2) is 28.1 Å². The topological polar surface area (TPSA) is 81.7 Å². The molecule has 0 radical (unpaired) electrons. The number of para-hydroxylation sites is 1. The number of anilines is 1. The van der Waals surface area contributed by atoms with Crippen LogP contribution in [0, 0.1) is 0 Å². The van der Waals surface area contributed by atoms with Crippen LogP contribution in [0.3, 0.4) is 0 Å². The maximum Gasteiger partial charge on any atom is 0.339 e. The Morgan fingerprint density at radius 3 is 2.79 bits per heavy atom. The second-order valence-corrected chi connectivity index (χ2v) is 7.05. The van der Waals surface area contributed by atoms with Crippen molar-refractivity contribution in [3.63, 3.8) is 0 Å². The van der Waals surface area contributed by atoms with E-state index in [4.69, 9.17) is 4.74 Å². The zero-order valence-electron chi connectivity index (χ0n) is 13.1. The van der Waals surface area contributed by atoms with E-state index < -0.39 is 16.0 Å². The Morgan fingerprint density at radius 1 is 1.21 bits per heavy atom. The minimum absolute atomic E-state index is 0.131. The van der Waals surface area contributed by atoms with Crippen molar-refractivity contribution in [2.24, 2.45) is 0 Å². The molecule has 1 aliphatic heterocycles. The summed E-state index contributed by atoms with van der Waals surface area (Å²) in [6, 6.07) is 11.1. The van der Waals surface area contributed by atoms with Gasteiger partial charge in [0.1, 0.15) is 5.75 Å². The number of benzene rings is 2. The summed E-state index contributed by atoms with van der Waals surface area (Å²) in [5.41, 5.74) is 1.20. The van der Waals surface area contributed by atoms with Gasteiger partial charge < -0.3 is 9.47 Å². The molecule has 0 spiro atoms. The Balaban J connectivity index is 1.94. The summed E-state index contributed by atoms with van der Waals surface area (Å²) < 4.78 is 37.9. The summed E-state index contributed by atoms with van der Waals surface area (Å²) in [6.45, 7) is 0.643. The monoisotopic (exact) mass is 347 g/mol. The number of hydrogen-bond acceptors (Lipinski definition) is 5. The maximum absolute atomic E-state index is 12.6. The predicted molar refractivity (Wildman–Crippen MR) is 88.8 cm³/mol. The first-order valence-electron chi connectivity index (χ1n) is 7.47. The van der Waals surface area contributed by atoms with Crippen LogP contribution in [0.25, 0.3) is 0 Å². The zero-order valence-corrected chi connectivity index (χ0v) is 13.9. The van der Waals surface area contributed by atoms with Crippen LogP contribution in [0.5, 0.6) is 5.75 Å². The smallest absolute Gasteiger partial charge is 0.339 e. The molecule has 0 saturated carbocycles. The van der Waals surface area contributed by atoms with Gasteiger partial charge in [-0.1, -0.05) is 12.1 Å². The number of methoxy groups -OCH3 is 1. The van der Waals surface area contributed by atoms with Gasteiger partial charge in [-0.2, -0.15) is 0 Å². The van der Waals surface area contributed by atoms with Crippen molar-refractivity contribution < 1.29 is 22.7 Å². The maximum atomic E-state index is 12.6. The number of esters is 1. The molecule has 1 N–H and O–H groups in total. The lowest BCUT2D eigenvalue weighted by Crippen LogP contribution is -2.17. The number of fused-ring (bicyclic) bond motifs is 1. The molecule has 1 heterocycles. The molecule has 0 unspecified atom stereocenters. The van der Waals surface area contributed by atoms with Crippen LogP contribution in [0.15, 0.2) is 47.4 Å². The highest BCUT2D eigenvalue weighted by atomic mass is 32.2. The van der Waals surface area contributed by atoms with Gasteiger partial charge in [-0.25, -0.2) is 13.2 Å². The molecule has 24 heavy (non-hydrogen) atoms. The fourth-order valence-electron chi connectivity index (χ4n) is 2.57. The summed E-state index contributed by atoms with van der Waals surface area (Å²) in [7, 11) is -2.58. The number of aryl methyl sites for hydroxylation is 1. The largest absolute Gasteiger partial charge is 0.493 e. The fourth-order valence-corrected chi connectivity index (χ4v) is 3.70. The van der Waals surface area contributed by atoms with E-state index in [0.29, 0.717) is 6.61 Å². The van der Waals surface area contributed by atoms with E-state index in [1.54, 1.807) is 24.3 Å². The molecule has 0 aliphatic carbocycles. The van der Waals surface area contributed by atoms with Gasteiger partial charge in [0, 0.05) is 0 Å². The predicted octanol–water partition coefficient (Wildman–Crippen LogP) is 2.60. The molecule has 0 bridgehead atoms. The first-order chi connectivity index (χ1) is 11.5. The number of sulfonamides is 1. The van der Waals surface area contributed by atoms with E-state index in [9.17, 15) is 13.2 Å². The van der Waals surface area contributed by atoms with Crippen LogP contribution < -0.4 is 9.46 Å². The third-order valence-electron chi connectivity index (χ3n) is 3.77. The Bertz CT molecular complexity index is 876. The lowest BCUT2D eigenvalue weighted by Gasteiger charge is -2.18. The van der Waals surface area contributed by atoms with E-state index in [-0.39, 0.29) is 16.1 Å². The number of hydrogen-bond donors (Lipinski definition) is 1. The first-order valence-corrected chi connectivity index (χ1v) is 8.95. The number of rotatable bonds is 4. The molecule has 0 fully saturated rings. The summed E-state index contributed by atoms with van der Waals surface area (Å²) in [5.74, 6) is 0.113. The molecule has 0 atom stereocenters. The highest BCUT2D eigenvalue weighted by Crippen LogP contribution is 2.28. The third kappa shape index (κ3) is 3.21. The van der Waals surface area contributed by atoms with Crippen LogP contribution in [0.2, 0.25) is 0 Å². The van der Waals surface area contributed by atoms with Gasteiger partial charge in [0.05, 0.1) is 29.9 Å². The average molecular weight is 347 g/mol. The van der Waals surface area contributed by atoms with Crippen molar-refractivity contribution in [3.05, 3.63) is 53.6 Å². The molecule has 0 aromatic heterocycles. The molecule has 0 amide bonds. The second kappa shape index (κ2) is 6.52. The van der Waals surface area contributed by atoms with E-state index >= 15 is 0 Å². The number of carbonyl (C=O) groups is 1. The number of carbonyl (C=O) groups excluding carboxylic acids is 1. The molecule has 126 valence electrons. The van der Waals surface area contributed by atoms with Crippen LogP contribution in [0.1, 0.15) is 22.3 Å². The van der Waals surface area contributed by atoms with Crippen molar-refractivity contribution >= 4 is 21.7 Å². The summed E-state index contributed by atoms with van der Waals surface area (Å²) >= 11 is 0. The molecule has 3 rings (SSSR count). The zero-order chi connectivity index (χ0) is 17.2. The lowest BCUT2D eigenvalue weighted by atomic mass is 10.1. The van der Waals surface area contributed by atoms with Crippen molar-refractivity contribution in [2.45, 2.75) is 17.7 Å². The van der Waals surface area contributed by atoms with Crippen molar-refractivity contribution in [1.82, 2.24) is 0 Å². The Labute approximate surface area is 140 Å². The first kappa shape index (κ1) is 16.3. The van der Waals surface area contributed by atoms with E-state index in [2.05, 4.69) is 9.46 Å². The fraction of sp³-hybridized carbons (Fsp3) is 0.235. The van der Waals surface area contributed by atoms with E-state index in [1.165, 1.54) is 25.3 Å². The summed E-state index contributed by atoms with van der Waals surface area (Å²) in [5, 5.41) is 0. The van der Waals surface area contributed by atoms with Gasteiger partial charge in [0.2, 0.25) is 0 Å². The SMILES string of the molecule is COC(=O)c1ccccc1NS(=O)(=O)c1ccc2c(c1)CCCO2. The quantitative estimate of drug-likeness (QED) is 0.860. The minimum Gasteiger partial charge on any atom is -0.493 e. The van der Waals surface area contributed by atoms with Gasteiger partial charge in [-0.15, -0.1) is 0 Å². The number of ether oxygens (including phenoxy) is 2. The Morgan fingerprint density at radius 2 is 2.00 bits per heavy atom. The van der Waals surface area contributed by atoms with Crippen molar-refractivity contribution in [3.8, 4) is 5.75 Å². The van der Waals surface area contributed by atoms with Crippen LogP contribution in [-0.2, 0) is 21.2 Å². The average Bonchev–Trinajstić information content (AvgIpc) is 2.60. The van der Waals surface area contributed by atoms with Crippen molar-refractivity contribution in [2.75, 3.05) is 18.4 Å². The van der Waals surface area contributed by atoms with Gasteiger partial charge >= 0.3 is 5.97 Å².